The van der Waals surface area contributed by atoms with Gasteiger partial charge in [0, 0.05) is 30.0 Å². The van der Waals surface area contributed by atoms with Crippen molar-refractivity contribution < 1.29 is 13.2 Å². The number of carbonyl (C=O) groups excluding carboxylic acids is 1. The first-order valence-electron chi connectivity index (χ1n) is 6.23. The Morgan fingerprint density at radius 1 is 1.40 bits per heavy atom. The fourth-order valence-electron chi connectivity index (χ4n) is 1.70. The molecule has 0 saturated carbocycles. The molecule has 0 aromatic carbocycles. The number of hydrogen-bond donors (Lipinski definition) is 1. The van der Waals surface area contributed by atoms with Gasteiger partial charge in [-0.05, 0) is 42.8 Å². The van der Waals surface area contributed by atoms with Gasteiger partial charge in [0.2, 0.25) is 15.9 Å². The van der Waals surface area contributed by atoms with Gasteiger partial charge in [-0.15, -0.1) is 0 Å². The van der Waals surface area contributed by atoms with Crippen LogP contribution in [0.3, 0.4) is 0 Å². The number of amides is 1. The SMILES string of the molecule is CCN(CC)C(=O)C(C)NS(=O)(=O)c1cncc(Br)c1. The Morgan fingerprint density at radius 3 is 2.50 bits per heavy atom. The minimum absolute atomic E-state index is 0.0195. The van der Waals surface area contributed by atoms with Crippen molar-refractivity contribution in [1.82, 2.24) is 14.6 Å². The van der Waals surface area contributed by atoms with E-state index in [1.54, 1.807) is 4.90 Å². The van der Waals surface area contributed by atoms with E-state index in [-0.39, 0.29) is 10.8 Å². The van der Waals surface area contributed by atoms with Crippen molar-refractivity contribution in [3.8, 4) is 0 Å². The van der Waals surface area contributed by atoms with E-state index in [1.165, 1.54) is 25.4 Å². The number of carbonyl (C=O) groups is 1. The summed E-state index contributed by atoms with van der Waals surface area (Å²) in [5.74, 6) is -0.249. The number of nitrogens with one attached hydrogen (secondary N) is 1. The fraction of sp³-hybridized carbons (Fsp3) is 0.500. The highest BCUT2D eigenvalue weighted by Gasteiger charge is 2.24. The first-order chi connectivity index (χ1) is 9.31. The fourth-order valence-corrected chi connectivity index (χ4v) is 3.40. The Bertz CT molecular complexity index is 573. The van der Waals surface area contributed by atoms with Gasteiger partial charge in [0.15, 0.2) is 0 Å². The van der Waals surface area contributed by atoms with Crippen LogP contribution in [0.1, 0.15) is 20.8 Å². The molecule has 0 aliphatic rings. The molecule has 1 heterocycles. The van der Waals surface area contributed by atoms with E-state index in [9.17, 15) is 13.2 Å². The summed E-state index contributed by atoms with van der Waals surface area (Å²) < 4.78 is 27.2. The Hall–Kier alpha value is -0.990. The van der Waals surface area contributed by atoms with E-state index in [2.05, 4.69) is 25.6 Å². The summed E-state index contributed by atoms with van der Waals surface area (Å²) in [6.45, 7) is 6.31. The van der Waals surface area contributed by atoms with Gasteiger partial charge in [-0.3, -0.25) is 9.78 Å². The summed E-state index contributed by atoms with van der Waals surface area (Å²) in [4.78, 5) is 17.5. The zero-order valence-corrected chi connectivity index (χ0v) is 14.0. The van der Waals surface area contributed by atoms with E-state index in [4.69, 9.17) is 0 Å². The number of pyridine rings is 1. The standard InChI is InChI=1S/C12H18BrN3O3S/c1-4-16(5-2)12(17)9(3)15-20(18,19)11-6-10(13)7-14-8-11/h6-9,15H,4-5H2,1-3H3. The third-order valence-corrected chi connectivity index (χ3v) is 4.71. The number of hydrogen-bond acceptors (Lipinski definition) is 4. The normalized spacial score (nSPS) is 13.0. The molecule has 8 heteroatoms. The number of aromatic nitrogens is 1. The monoisotopic (exact) mass is 363 g/mol. The van der Waals surface area contributed by atoms with Crippen molar-refractivity contribution in [2.24, 2.45) is 0 Å². The van der Waals surface area contributed by atoms with Crippen molar-refractivity contribution >= 4 is 31.9 Å². The molecule has 1 amide bonds. The quantitative estimate of drug-likeness (QED) is 0.827. The maximum Gasteiger partial charge on any atom is 0.242 e. The van der Waals surface area contributed by atoms with Gasteiger partial charge in [0.1, 0.15) is 4.90 Å². The lowest BCUT2D eigenvalue weighted by Crippen LogP contribution is -2.46. The summed E-state index contributed by atoms with van der Waals surface area (Å²) in [7, 11) is -3.77. The Kier molecular flexibility index (Phi) is 6.09. The molecule has 1 rings (SSSR count). The molecule has 20 heavy (non-hydrogen) atoms. The van der Waals surface area contributed by atoms with Crippen LogP contribution in [0.5, 0.6) is 0 Å². The summed E-state index contributed by atoms with van der Waals surface area (Å²) in [5, 5.41) is 0. The van der Waals surface area contributed by atoms with Crippen molar-refractivity contribution in [2.75, 3.05) is 13.1 Å². The summed E-state index contributed by atoms with van der Waals surface area (Å²) in [6, 6.07) is 0.614. The number of halogens is 1. The van der Waals surface area contributed by atoms with Crippen LogP contribution in [-0.2, 0) is 14.8 Å². The maximum atomic E-state index is 12.2. The minimum Gasteiger partial charge on any atom is -0.342 e. The van der Waals surface area contributed by atoms with Crippen molar-refractivity contribution in [2.45, 2.75) is 31.7 Å². The Labute approximate surface area is 127 Å². The van der Waals surface area contributed by atoms with Crippen molar-refractivity contribution in [3.05, 3.63) is 22.9 Å². The first kappa shape index (κ1) is 17.1. The average molecular weight is 364 g/mol. The zero-order valence-electron chi connectivity index (χ0n) is 11.6. The molecule has 0 bridgehead atoms. The van der Waals surface area contributed by atoms with Gasteiger partial charge in [-0.2, -0.15) is 4.72 Å². The predicted octanol–water partition coefficient (Wildman–Crippen LogP) is 1.38. The molecule has 1 aromatic rings. The van der Waals surface area contributed by atoms with E-state index < -0.39 is 16.1 Å². The highest BCUT2D eigenvalue weighted by atomic mass is 79.9. The lowest BCUT2D eigenvalue weighted by Gasteiger charge is -2.23. The van der Waals surface area contributed by atoms with Gasteiger partial charge in [0.25, 0.3) is 0 Å². The topological polar surface area (TPSA) is 79.4 Å². The van der Waals surface area contributed by atoms with Crippen LogP contribution in [0.4, 0.5) is 0 Å². The van der Waals surface area contributed by atoms with Crippen molar-refractivity contribution in [1.29, 1.82) is 0 Å². The van der Waals surface area contributed by atoms with Gasteiger partial charge >= 0.3 is 0 Å². The Morgan fingerprint density at radius 2 is 2.00 bits per heavy atom. The molecular weight excluding hydrogens is 346 g/mol. The van der Waals surface area contributed by atoms with Crippen LogP contribution in [0.15, 0.2) is 27.8 Å². The van der Waals surface area contributed by atoms with E-state index in [0.29, 0.717) is 17.6 Å². The van der Waals surface area contributed by atoms with E-state index >= 15 is 0 Å². The molecule has 0 aliphatic heterocycles. The van der Waals surface area contributed by atoms with E-state index in [1.807, 2.05) is 13.8 Å². The second-order valence-corrected chi connectivity index (χ2v) is 6.82. The van der Waals surface area contributed by atoms with Gasteiger partial charge in [-0.25, -0.2) is 8.42 Å². The smallest absolute Gasteiger partial charge is 0.242 e. The molecule has 0 saturated heterocycles. The second kappa shape index (κ2) is 7.14. The van der Waals surface area contributed by atoms with Crippen LogP contribution in [0, 0.1) is 0 Å². The van der Waals surface area contributed by atoms with Gasteiger partial charge in [-0.1, -0.05) is 0 Å². The molecule has 112 valence electrons. The second-order valence-electron chi connectivity index (χ2n) is 4.19. The lowest BCUT2D eigenvalue weighted by atomic mass is 10.3. The molecule has 6 nitrogen and oxygen atoms in total. The van der Waals surface area contributed by atoms with Crippen LogP contribution >= 0.6 is 15.9 Å². The summed E-state index contributed by atoms with van der Waals surface area (Å²) in [5.41, 5.74) is 0. The molecular formula is C12H18BrN3O3S. The van der Waals surface area contributed by atoms with Crippen LogP contribution in [0.25, 0.3) is 0 Å². The maximum absolute atomic E-state index is 12.2. The molecule has 0 aliphatic carbocycles. The molecule has 1 atom stereocenters. The van der Waals surface area contributed by atoms with Gasteiger partial charge in [0.05, 0.1) is 6.04 Å². The largest absolute Gasteiger partial charge is 0.342 e. The predicted molar refractivity (Wildman–Crippen MR) is 79.6 cm³/mol. The number of rotatable bonds is 6. The van der Waals surface area contributed by atoms with Crippen LogP contribution < -0.4 is 4.72 Å². The zero-order chi connectivity index (χ0) is 15.3. The summed E-state index contributed by atoms with van der Waals surface area (Å²) in [6.07, 6.45) is 2.73. The summed E-state index contributed by atoms with van der Waals surface area (Å²) >= 11 is 3.17. The average Bonchev–Trinajstić information content (AvgIpc) is 2.39. The van der Waals surface area contributed by atoms with Gasteiger partial charge < -0.3 is 4.90 Å². The number of likely N-dealkylation sites (N-methyl/N-ethyl adjacent to an activating group) is 1. The van der Waals surface area contributed by atoms with Crippen LogP contribution in [0.2, 0.25) is 0 Å². The molecule has 0 fully saturated rings. The third kappa shape index (κ3) is 4.26. The van der Waals surface area contributed by atoms with E-state index in [0.717, 1.165) is 0 Å². The molecule has 1 N–H and O–H groups in total. The molecule has 0 radical (unpaired) electrons. The minimum atomic E-state index is -3.77. The molecule has 0 spiro atoms. The molecule has 1 unspecified atom stereocenters. The lowest BCUT2D eigenvalue weighted by molar-refractivity contribution is -0.132. The highest BCUT2D eigenvalue weighted by Crippen LogP contribution is 2.14. The third-order valence-electron chi connectivity index (χ3n) is 2.77. The number of nitrogens with zero attached hydrogens (tertiary/aromatic N) is 2. The molecule has 1 aromatic heterocycles. The Balaban J connectivity index is 2.89. The highest BCUT2D eigenvalue weighted by molar-refractivity contribution is 9.10. The van der Waals surface area contributed by atoms with Crippen molar-refractivity contribution in [3.63, 3.8) is 0 Å². The first-order valence-corrected chi connectivity index (χ1v) is 8.51. The van der Waals surface area contributed by atoms with Crippen LogP contribution in [-0.4, -0.2) is 43.3 Å². The number of sulfonamides is 1.